The summed E-state index contributed by atoms with van der Waals surface area (Å²) < 4.78 is 24.4. The molecule has 0 radical (unpaired) electrons. The zero-order valence-corrected chi connectivity index (χ0v) is 14.5. The third kappa shape index (κ3) is 2.69. The highest BCUT2D eigenvalue weighted by Crippen LogP contribution is 2.36. The number of halogens is 1. The van der Waals surface area contributed by atoms with E-state index in [9.17, 15) is 9.18 Å². The standard InChI is InChI=1S/C19H18FN3O3/c1-11-18(12(2)25-21-11)16-8-5-9-23(16)19(24)17-10-15(22-26-17)13-6-3-4-7-14(13)20/h3-4,6-7,10,16H,5,8-9H2,1-2H3/t16-/m1/s1. The molecule has 0 unspecified atom stereocenters. The van der Waals surface area contributed by atoms with E-state index in [-0.39, 0.29) is 17.7 Å². The Kier molecular flexibility index (Phi) is 4.06. The number of nitrogens with zero attached hydrogens (tertiary/aromatic N) is 3. The van der Waals surface area contributed by atoms with Crippen molar-refractivity contribution in [1.29, 1.82) is 0 Å². The smallest absolute Gasteiger partial charge is 0.293 e. The summed E-state index contributed by atoms with van der Waals surface area (Å²) in [5.74, 6) is 0.149. The molecule has 0 saturated carbocycles. The molecule has 134 valence electrons. The first kappa shape index (κ1) is 16.5. The number of hydrogen-bond acceptors (Lipinski definition) is 5. The number of hydrogen-bond donors (Lipinski definition) is 0. The molecule has 3 aromatic rings. The first-order chi connectivity index (χ1) is 12.6. The van der Waals surface area contributed by atoms with Crippen LogP contribution < -0.4 is 0 Å². The third-order valence-electron chi connectivity index (χ3n) is 4.81. The summed E-state index contributed by atoms with van der Waals surface area (Å²) in [6, 6.07) is 7.65. The van der Waals surface area contributed by atoms with E-state index in [0.717, 1.165) is 29.9 Å². The highest BCUT2D eigenvalue weighted by Gasteiger charge is 2.35. The van der Waals surface area contributed by atoms with Crippen molar-refractivity contribution in [3.8, 4) is 11.3 Å². The van der Waals surface area contributed by atoms with Crippen LogP contribution in [0.4, 0.5) is 4.39 Å². The van der Waals surface area contributed by atoms with Crippen LogP contribution in [0.1, 0.15) is 46.5 Å². The van der Waals surface area contributed by atoms with E-state index in [4.69, 9.17) is 9.05 Å². The minimum absolute atomic E-state index is 0.0990. The van der Waals surface area contributed by atoms with E-state index in [0.29, 0.717) is 17.8 Å². The molecule has 1 saturated heterocycles. The molecule has 0 aliphatic carbocycles. The van der Waals surface area contributed by atoms with Gasteiger partial charge in [-0.3, -0.25) is 4.79 Å². The molecule has 0 bridgehead atoms. The molecule has 0 spiro atoms. The highest BCUT2D eigenvalue weighted by molar-refractivity contribution is 5.93. The molecular weight excluding hydrogens is 337 g/mol. The van der Waals surface area contributed by atoms with Crippen LogP contribution in [0.5, 0.6) is 0 Å². The minimum atomic E-state index is -0.408. The van der Waals surface area contributed by atoms with E-state index in [1.54, 1.807) is 23.1 Å². The monoisotopic (exact) mass is 355 g/mol. The van der Waals surface area contributed by atoms with E-state index in [1.165, 1.54) is 12.1 Å². The van der Waals surface area contributed by atoms with Crippen LogP contribution >= 0.6 is 0 Å². The summed E-state index contributed by atoms with van der Waals surface area (Å²) in [6.07, 6.45) is 1.72. The molecule has 1 atom stereocenters. The first-order valence-electron chi connectivity index (χ1n) is 8.51. The highest BCUT2D eigenvalue weighted by atomic mass is 19.1. The molecule has 1 amide bonds. The molecule has 1 fully saturated rings. The normalized spacial score (nSPS) is 17.0. The maximum absolute atomic E-state index is 13.9. The van der Waals surface area contributed by atoms with Crippen LogP contribution in [-0.2, 0) is 0 Å². The number of aryl methyl sites for hydroxylation is 2. The topological polar surface area (TPSA) is 72.4 Å². The molecular formula is C19H18FN3O3. The summed E-state index contributed by atoms with van der Waals surface area (Å²) in [5, 5.41) is 7.86. The quantitative estimate of drug-likeness (QED) is 0.708. The van der Waals surface area contributed by atoms with Gasteiger partial charge in [0.2, 0.25) is 5.76 Å². The summed E-state index contributed by atoms with van der Waals surface area (Å²) in [4.78, 5) is 14.7. The average molecular weight is 355 g/mol. The van der Waals surface area contributed by atoms with Crippen molar-refractivity contribution in [2.45, 2.75) is 32.7 Å². The maximum Gasteiger partial charge on any atom is 0.293 e. The second-order valence-corrected chi connectivity index (χ2v) is 6.45. The van der Waals surface area contributed by atoms with Gasteiger partial charge in [-0.15, -0.1) is 0 Å². The van der Waals surface area contributed by atoms with Gasteiger partial charge in [0, 0.05) is 23.7 Å². The van der Waals surface area contributed by atoms with Gasteiger partial charge in [0.05, 0.1) is 11.7 Å². The van der Waals surface area contributed by atoms with Gasteiger partial charge in [-0.25, -0.2) is 4.39 Å². The van der Waals surface area contributed by atoms with Gasteiger partial charge in [-0.05, 0) is 38.8 Å². The Bertz CT molecular complexity index is 943. The number of amides is 1. The van der Waals surface area contributed by atoms with Crippen molar-refractivity contribution in [1.82, 2.24) is 15.2 Å². The lowest BCUT2D eigenvalue weighted by molar-refractivity contribution is 0.0692. The number of carbonyl (C=O) groups excluding carboxylic acids is 1. The Morgan fingerprint density at radius 3 is 2.77 bits per heavy atom. The van der Waals surface area contributed by atoms with Crippen LogP contribution in [0.15, 0.2) is 39.4 Å². The Balaban J connectivity index is 1.63. The predicted molar refractivity (Wildman–Crippen MR) is 90.9 cm³/mol. The minimum Gasteiger partial charge on any atom is -0.361 e. The van der Waals surface area contributed by atoms with Gasteiger partial charge in [-0.2, -0.15) is 0 Å². The van der Waals surface area contributed by atoms with Crippen LogP contribution in [0.3, 0.4) is 0 Å². The fraction of sp³-hybridized carbons (Fsp3) is 0.316. The molecule has 4 rings (SSSR count). The Morgan fingerprint density at radius 2 is 2.04 bits per heavy atom. The van der Waals surface area contributed by atoms with Crippen LogP contribution in [0.2, 0.25) is 0 Å². The lowest BCUT2D eigenvalue weighted by Crippen LogP contribution is -2.30. The summed E-state index contributed by atoms with van der Waals surface area (Å²) in [6.45, 7) is 4.34. The van der Waals surface area contributed by atoms with Gasteiger partial charge in [0.25, 0.3) is 5.91 Å². The molecule has 0 N–H and O–H groups in total. The third-order valence-corrected chi connectivity index (χ3v) is 4.81. The van der Waals surface area contributed by atoms with Crippen molar-refractivity contribution in [3.05, 3.63) is 58.9 Å². The van der Waals surface area contributed by atoms with E-state index >= 15 is 0 Å². The zero-order valence-electron chi connectivity index (χ0n) is 14.5. The lowest BCUT2D eigenvalue weighted by atomic mass is 10.0. The van der Waals surface area contributed by atoms with E-state index in [2.05, 4.69) is 10.3 Å². The van der Waals surface area contributed by atoms with Crippen molar-refractivity contribution in [2.24, 2.45) is 0 Å². The van der Waals surface area contributed by atoms with Gasteiger partial charge < -0.3 is 13.9 Å². The molecule has 26 heavy (non-hydrogen) atoms. The Hall–Kier alpha value is -2.96. The van der Waals surface area contributed by atoms with Gasteiger partial charge >= 0.3 is 0 Å². The van der Waals surface area contributed by atoms with Crippen LogP contribution in [0, 0.1) is 19.7 Å². The zero-order chi connectivity index (χ0) is 18.3. The molecule has 6 nitrogen and oxygen atoms in total. The summed E-state index contributed by atoms with van der Waals surface area (Å²) in [5.41, 5.74) is 2.35. The molecule has 2 aromatic heterocycles. The fourth-order valence-electron chi connectivity index (χ4n) is 3.59. The number of benzene rings is 1. The molecule has 1 aliphatic heterocycles. The number of aromatic nitrogens is 2. The summed E-state index contributed by atoms with van der Waals surface area (Å²) in [7, 11) is 0. The maximum atomic E-state index is 13.9. The molecule has 7 heteroatoms. The number of rotatable bonds is 3. The largest absolute Gasteiger partial charge is 0.361 e. The molecule has 3 heterocycles. The van der Waals surface area contributed by atoms with E-state index in [1.807, 2.05) is 13.8 Å². The SMILES string of the molecule is Cc1noc(C)c1[C@H]1CCCN1C(=O)c1cc(-c2ccccc2F)no1. The molecule has 1 aromatic carbocycles. The van der Waals surface area contributed by atoms with Gasteiger partial charge in [0.1, 0.15) is 17.3 Å². The number of likely N-dealkylation sites (tertiary alicyclic amines) is 1. The second-order valence-electron chi connectivity index (χ2n) is 6.45. The Labute approximate surface area is 149 Å². The number of carbonyl (C=O) groups is 1. The van der Waals surface area contributed by atoms with Gasteiger partial charge in [0.15, 0.2) is 0 Å². The van der Waals surface area contributed by atoms with E-state index < -0.39 is 5.82 Å². The fourth-order valence-corrected chi connectivity index (χ4v) is 3.59. The summed E-state index contributed by atoms with van der Waals surface area (Å²) >= 11 is 0. The molecule has 1 aliphatic rings. The second kappa shape index (κ2) is 6.40. The van der Waals surface area contributed by atoms with Crippen molar-refractivity contribution in [3.63, 3.8) is 0 Å². The van der Waals surface area contributed by atoms with Crippen LogP contribution in [0.25, 0.3) is 11.3 Å². The van der Waals surface area contributed by atoms with Crippen molar-refractivity contribution in [2.75, 3.05) is 6.54 Å². The van der Waals surface area contributed by atoms with Crippen molar-refractivity contribution >= 4 is 5.91 Å². The predicted octanol–water partition coefficient (Wildman–Crippen LogP) is 4.06. The Morgan fingerprint density at radius 1 is 1.23 bits per heavy atom. The van der Waals surface area contributed by atoms with Crippen LogP contribution in [-0.4, -0.2) is 27.7 Å². The van der Waals surface area contributed by atoms with Gasteiger partial charge in [-0.1, -0.05) is 22.4 Å². The first-order valence-corrected chi connectivity index (χ1v) is 8.51. The van der Waals surface area contributed by atoms with Crippen molar-refractivity contribution < 1.29 is 18.2 Å². The lowest BCUT2D eigenvalue weighted by Gasteiger charge is -2.23. The average Bonchev–Trinajstić information content (AvgIpc) is 3.35.